The Kier molecular flexibility index (Phi) is 3.21. The van der Waals surface area contributed by atoms with Crippen LogP contribution in [-0.4, -0.2) is 5.38 Å². The molecule has 0 saturated heterocycles. The van der Waals surface area contributed by atoms with E-state index in [1.54, 1.807) is 11.3 Å². The highest BCUT2D eigenvalue weighted by atomic mass is 35.5. The van der Waals surface area contributed by atoms with Crippen molar-refractivity contribution in [3.05, 3.63) is 58.3 Å². The third kappa shape index (κ3) is 2.56. The van der Waals surface area contributed by atoms with Gasteiger partial charge in [0.2, 0.25) is 0 Å². The van der Waals surface area contributed by atoms with Gasteiger partial charge in [-0.15, -0.1) is 11.6 Å². The van der Waals surface area contributed by atoms with Gasteiger partial charge in [-0.25, -0.2) is 0 Å². The molecule has 3 rings (SSSR count). The van der Waals surface area contributed by atoms with Gasteiger partial charge in [-0.3, -0.25) is 0 Å². The van der Waals surface area contributed by atoms with E-state index in [0.29, 0.717) is 11.8 Å². The van der Waals surface area contributed by atoms with Gasteiger partial charge in [-0.05, 0) is 52.6 Å². The van der Waals surface area contributed by atoms with Crippen LogP contribution in [0.25, 0.3) is 0 Å². The monoisotopic (exact) mass is 262 g/mol. The summed E-state index contributed by atoms with van der Waals surface area (Å²) >= 11 is 8.27. The standard InChI is InChI=1S/C15H15ClS/c16-15(8-11-6-7-17-10-11)14-9-13(14)12-4-2-1-3-5-12/h1-7,10,13-15H,8-9H2. The Morgan fingerprint density at radius 3 is 2.76 bits per heavy atom. The first-order chi connectivity index (χ1) is 8.34. The molecule has 2 aromatic rings. The molecular weight excluding hydrogens is 248 g/mol. The van der Waals surface area contributed by atoms with E-state index in [-0.39, 0.29) is 5.38 Å². The summed E-state index contributed by atoms with van der Waals surface area (Å²) < 4.78 is 0. The van der Waals surface area contributed by atoms with Crippen LogP contribution in [0.2, 0.25) is 0 Å². The number of hydrogen-bond acceptors (Lipinski definition) is 1. The van der Waals surface area contributed by atoms with Gasteiger partial charge in [-0.2, -0.15) is 11.3 Å². The van der Waals surface area contributed by atoms with Crippen molar-refractivity contribution in [3.63, 3.8) is 0 Å². The van der Waals surface area contributed by atoms with Crippen LogP contribution < -0.4 is 0 Å². The maximum atomic E-state index is 6.52. The molecule has 0 bridgehead atoms. The van der Waals surface area contributed by atoms with Crippen molar-refractivity contribution >= 4 is 22.9 Å². The van der Waals surface area contributed by atoms with Gasteiger partial charge < -0.3 is 0 Å². The third-order valence-electron chi connectivity index (χ3n) is 3.54. The smallest absolute Gasteiger partial charge is 0.0410 e. The molecule has 0 N–H and O–H groups in total. The number of rotatable bonds is 4. The zero-order valence-electron chi connectivity index (χ0n) is 9.55. The zero-order valence-corrected chi connectivity index (χ0v) is 11.1. The number of thiophene rings is 1. The third-order valence-corrected chi connectivity index (χ3v) is 4.75. The predicted octanol–water partition coefficient (Wildman–Crippen LogP) is 4.70. The molecule has 0 radical (unpaired) electrons. The van der Waals surface area contributed by atoms with Gasteiger partial charge in [-0.1, -0.05) is 30.3 Å². The minimum absolute atomic E-state index is 0.287. The quantitative estimate of drug-likeness (QED) is 0.701. The van der Waals surface area contributed by atoms with Crippen LogP contribution in [0.3, 0.4) is 0 Å². The average molecular weight is 263 g/mol. The van der Waals surface area contributed by atoms with Crippen LogP contribution in [0.1, 0.15) is 23.5 Å². The van der Waals surface area contributed by atoms with Crippen molar-refractivity contribution in [2.24, 2.45) is 5.92 Å². The number of hydrogen-bond donors (Lipinski definition) is 0. The lowest BCUT2D eigenvalue weighted by atomic mass is 10.1. The zero-order chi connectivity index (χ0) is 11.7. The van der Waals surface area contributed by atoms with E-state index in [4.69, 9.17) is 11.6 Å². The molecule has 2 heteroatoms. The Bertz CT molecular complexity index is 463. The Balaban J connectivity index is 1.61. The Morgan fingerprint density at radius 2 is 2.06 bits per heavy atom. The summed E-state index contributed by atoms with van der Waals surface area (Å²) in [7, 11) is 0. The Morgan fingerprint density at radius 1 is 1.24 bits per heavy atom. The maximum Gasteiger partial charge on any atom is 0.0410 e. The molecule has 0 amide bonds. The Labute approximate surface area is 111 Å². The molecule has 1 saturated carbocycles. The Hall–Kier alpha value is -0.790. The topological polar surface area (TPSA) is 0 Å². The summed E-state index contributed by atoms with van der Waals surface area (Å²) in [5.74, 6) is 1.36. The molecule has 1 aromatic heterocycles. The van der Waals surface area contributed by atoms with Crippen molar-refractivity contribution in [2.45, 2.75) is 24.1 Å². The van der Waals surface area contributed by atoms with Crippen molar-refractivity contribution in [1.29, 1.82) is 0 Å². The van der Waals surface area contributed by atoms with Crippen LogP contribution in [-0.2, 0) is 6.42 Å². The van der Waals surface area contributed by atoms with Crippen LogP contribution in [0.5, 0.6) is 0 Å². The molecular formula is C15H15ClS. The van der Waals surface area contributed by atoms with E-state index >= 15 is 0 Å². The lowest BCUT2D eigenvalue weighted by Crippen LogP contribution is -2.06. The summed E-state index contributed by atoms with van der Waals surface area (Å²) in [4.78, 5) is 0. The highest BCUT2D eigenvalue weighted by Gasteiger charge is 2.42. The second-order valence-electron chi connectivity index (χ2n) is 4.77. The normalized spacial score (nSPS) is 24.5. The second-order valence-corrected chi connectivity index (χ2v) is 6.11. The minimum atomic E-state index is 0.287. The molecule has 1 aliphatic carbocycles. The van der Waals surface area contributed by atoms with Gasteiger partial charge in [0.05, 0.1) is 0 Å². The molecule has 0 spiro atoms. The van der Waals surface area contributed by atoms with E-state index in [2.05, 4.69) is 47.2 Å². The van der Waals surface area contributed by atoms with Crippen LogP contribution in [0.4, 0.5) is 0 Å². The van der Waals surface area contributed by atoms with E-state index in [1.807, 2.05) is 0 Å². The highest BCUT2D eigenvalue weighted by Crippen LogP contribution is 2.51. The van der Waals surface area contributed by atoms with Crippen molar-refractivity contribution < 1.29 is 0 Å². The first kappa shape index (κ1) is 11.3. The van der Waals surface area contributed by atoms with Crippen LogP contribution in [0.15, 0.2) is 47.2 Å². The van der Waals surface area contributed by atoms with Crippen LogP contribution >= 0.6 is 22.9 Å². The molecule has 3 unspecified atom stereocenters. The molecule has 0 nitrogen and oxygen atoms in total. The highest BCUT2D eigenvalue weighted by molar-refractivity contribution is 7.07. The SMILES string of the molecule is ClC(Cc1ccsc1)C1CC1c1ccccc1. The van der Waals surface area contributed by atoms with Crippen molar-refractivity contribution in [1.82, 2.24) is 0 Å². The molecule has 1 aromatic carbocycles. The van der Waals surface area contributed by atoms with E-state index in [1.165, 1.54) is 17.5 Å². The van der Waals surface area contributed by atoms with Gasteiger partial charge >= 0.3 is 0 Å². The van der Waals surface area contributed by atoms with Gasteiger partial charge in [0.25, 0.3) is 0 Å². The lowest BCUT2D eigenvalue weighted by molar-refractivity contribution is 0.715. The number of benzene rings is 1. The summed E-state index contributed by atoms with van der Waals surface area (Å²) in [5.41, 5.74) is 2.84. The minimum Gasteiger partial charge on any atom is -0.152 e. The summed E-state index contributed by atoms with van der Waals surface area (Å²) in [6, 6.07) is 12.9. The van der Waals surface area contributed by atoms with Crippen LogP contribution in [0, 0.1) is 5.92 Å². The molecule has 1 fully saturated rings. The number of alkyl halides is 1. The van der Waals surface area contributed by atoms with Gasteiger partial charge in [0.1, 0.15) is 0 Å². The summed E-state index contributed by atoms with van der Waals surface area (Å²) in [6.07, 6.45) is 2.27. The van der Waals surface area contributed by atoms with Gasteiger partial charge in [0.15, 0.2) is 0 Å². The van der Waals surface area contributed by atoms with E-state index in [0.717, 1.165) is 6.42 Å². The fourth-order valence-electron chi connectivity index (χ4n) is 2.48. The molecule has 1 heterocycles. The van der Waals surface area contributed by atoms with Gasteiger partial charge in [0, 0.05) is 5.38 Å². The second kappa shape index (κ2) is 4.83. The summed E-state index contributed by atoms with van der Waals surface area (Å²) in [5, 5.41) is 4.62. The fourth-order valence-corrected chi connectivity index (χ4v) is 3.62. The van der Waals surface area contributed by atoms with Crippen molar-refractivity contribution in [2.75, 3.05) is 0 Å². The molecule has 1 aliphatic rings. The molecule has 88 valence electrons. The first-order valence-electron chi connectivity index (χ1n) is 6.04. The first-order valence-corrected chi connectivity index (χ1v) is 7.42. The van der Waals surface area contributed by atoms with Crippen molar-refractivity contribution in [3.8, 4) is 0 Å². The summed E-state index contributed by atoms with van der Waals surface area (Å²) in [6.45, 7) is 0. The lowest BCUT2D eigenvalue weighted by Gasteiger charge is -2.07. The van der Waals surface area contributed by atoms with E-state index in [9.17, 15) is 0 Å². The number of halogens is 1. The fraction of sp³-hybridized carbons (Fsp3) is 0.333. The average Bonchev–Trinajstić information content (AvgIpc) is 3.02. The molecule has 17 heavy (non-hydrogen) atoms. The predicted molar refractivity (Wildman–Crippen MR) is 75.0 cm³/mol. The largest absolute Gasteiger partial charge is 0.152 e. The molecule has 0 aliphatic heterocycles. The van der Waals surface area contributed by atoms with E-state index < -0.39 is 0 Å². The maximum absolute atomic E-state index is 6.52. The molecule has 3 atom stereocenters.